The molecule has 2 aromatic rings. The molecule has 1 heterocycles. The van der Waals surface area contributed by atoms with Crippen molar-refractivity contribution in [2.45, 2.75) is 0 Å². The fourth-order valence-corrected chi connectivity index (χ4v) is 2.10. The minimum Gasteiger partial charge on any atom is -0.378 e. The Morgan fingerprint density at radius 3 is 2.21 bits per heavy atom. The molecule has 0 amide bonds. The summed E-state index contributed by atoms with van der Waals surface area (Å²) in [4.78, 5) is 3.44. The summed E-state index contributed by atoms with van der Waals surface area (Å²) in [6.45, 7) is 0. The van der Waals surface area contributed by atoms with Crippen LogP contribution in [0.15, 0.2) is 41.8 Å². The molecule has 14 heavy (non-hydrogen) atoms. The molecule has 0 aliphatic heterocycles. The van der Waals surface area contributed by atoms with Crippen molar-refractivity contribution in [3.05, 3.63) is 41.8 Å². The van der Waals surface area contributed by atoms with Gasteiger partial charge in [0.1, 0.15) is 0 Å². The Morgan fingerprint density at radius 1 is 1.00 bits per heavy atom. The predicted octanol–water partition coefficient (Wildman–Crippen LogP) is 3.48. The van der Waals surface area contributed by atoms with Crippen LogP contribution in [0.2, 0.25) is 0 Å². The highest BCUT2D eigenvalue weighted by atomic mass is 32.1. The standard InChI is InChI=1S/C12H13NS/c1-13(2)11-7-5-10(6-8-11)12-4-3-9-14-12/h3-9H,1-2H3. The molecule has 0 saturated heterocycles. The summed E-state index contributed by atoms with van der Waals surface area (Å²) in [5, 5.41) is 2.11. The first kappa shape index (κ1) is 9.28. The van der Waals surface area contributed by atoms with Gasteiger partial charge < -0.3 is 4.90 Å². The van der Waals surface area contributed by atoms with E-state index in [4.69, 9.17) is 0 Å². The zero-order valence-corrected chi connectivity index (χ0v) is 9.21. The molecule has 0 radical (unpaired) electrons. The maximum Gasteiger partial charge on any atom is 0.0361 e. The predicted molar refractivity (Wildman–Crippen MR) is 64.1 cm³/mol. The Balaban J connectivity index is 2.31. The molecule has 0 spiro atoms. The highest BCUT2D eigenvalue weighted by Crippen LogP contribution is 2.26. The molecule has 0 aliphatic carbocycles. The zero-order chi connectivity index (χ0) is 9.97. The van der Waals surface area contributed by atoms with E-state index >= 15 is 0 Å². The number of benzene rings is 1. The summed E-state index contributed by atoms with van der Waals surface area (Å²) < 4.78 is 0. The molecular weight excluding hydrogens is 190 g/mol. The average molecular weight is 203 g/mol. The Bertz CT molecular complexity index is 387. The van der Waals surface area contributed by atoms with Gasteiger partial charge in [0.2, 0.25) is 0 Å². The van der Waals surface area contributed by atoms with Crippen molar-refractivity contribution >= 4 is 17.0 Å². The van der Waals surface area contributed by atoms with Crippen molar-refractivity contribution < 1.29 is 0 Å². The molecule has 2 rings (SSSR count). The second-order valence-electron chi connectivity index (χ2n) is 3.42. The van der Waals surface area contributed by atoms with Crippen LogP contribution in [0.4, 0.5) is 5.69 Å². The Kier molecular flexibility index (Phi) is 2.55. The molecule has 0 unspecified atom stereocenters. The van der Waals surface area contributed by atoms with Crippen molar-refractivity contribution in [1.82, 2.24) is 0 Å². The largest absolute Gasteiger partial charge is 0.378 e. The Hall–Kier alpha value is -1.28. The van der Waals surface area contributed by atoms with Crippen molar-refractivity contribution in [2.24, 2.45) is 0 Å². The smallest absolute Gasteiger partial charge is 0.0361 e. The SMILES string of the molecule is CN(C)c1ccc(-c2cccs2)cc1. The number of anilines is 1. The van der Waals surface area contributed by atoms with Crippen LogP contribution in [0.1, 0.15) is 0 Å². The van der Waals surface area contributed by atoms with E-state index in [1.165, 1.54) is 16.1 Å². The van der Waals surface area contributed by atoms with E-state index in [0.717, 1.165) is 0 Å². The lowest BCUT2D eigenvalue weighted by atomic mass is 10.2. The second-order valence-corrected chi connectivity index (χ2v) is 4.37. The fraction of sp³-hybridized carbons (Fsp3) is 0.167. The summed E-state index contributed by atoms with van der Waals surface area (Å²) in [5.41, 5.74) is 2.54. The zero-order valence-electron chi connectivity index (χ0n) is 8.40. The molecule has 0 fully saturated rings. The van der Waals surface area contributed by atoms with Gasteiger partial charge in [0.15, 0.2) is 0 Å². The molecule has 2 heteroatoms. The van der Waals surface area contributed by atoms with E-state index in [1.54, 1.807) is 11.3 Å². The third-order valence-electron chi connectivity index (χ3n) is 2.19. The summed E-state index contributed by atoms with van der Waals surface area (Å²) in [6.07, 6.45) is 0. The summed E-state index contributed by atoms with van der Waals surface area (Å²) >= 11 is 1.78. The quantitative estimate of drug-likeness (QED) is 0.722. The lowest BCUT2D eigenvalue weighted by molar-refractivity contribution is 1.13. The lowest BCUT2D eigenvalue weighted by Gasteiger charge is -2.12. The lowest BCUT2D eigenvalue weighted by Crippen LogP contribution is -2.07. The number of hydrogen-bond acceptors (Lipinski definition) is 2. The normalized spacial score (nSPS) is 10.1. The summed E-state index contributed by atoms with van der Waals surface area (Å²) in [5.74, 6) is 0. The van der Waals surface area contributed by atoms with E-state index in [2.05, 4.69) is 60.8 Å². The first-order valence-electron chi connectivity index (χ1n) is 4.58. The first-order chi connectivity index (χ1) is 6.77. The van der Waals surface area contributed by atoms with E-state index < -0.39 is 0 Å². The van der Waals surface area contributed by atoms with Gasteiger partial charge in [-0.15, -0.1) is 11.3 Å². The monoisotopic (exact) mass is 203 g/mol. The molecule has 0 saturated carbocycles. The van der Waals surface area contributed by atoms with Gasteiger partial charge in [-0.25, -0.2) is 0 Å². The van der Waals surface area contributed by atoms with Gasteiger partial charge in [0.05, 0.1) is 0 Å². The van der Waals surface area contributed by atoms with Crippen molar-refractivity contribution in [2.75, 3.05) is 19.0 Å². The number of hydrogen-bond donors (Lipinski definition) is 0. The Labute approximate surface area is 88.6 Å². The van der Waals surface area contributed by atoms with Gasteiger partial charge in [-0.1, -0.05) is 18.2 Å². The number of nitrogens with zero attached hydrogens (tertiary/aromatic N) is 1. The van der Waals surface area contributed by atoms with Gasteiger partial charge in [0, 0.05) is 24.7 Å². The molecule has 0 bridgehead atoms. The molecule has 1 aromatic carbocycles. The van der Waals surface area contributed by atoms with Crippen LogP contribution in [0.25, 0.3) is 10.4 Å². The van der Waals surface area contributed by atoms with Gasteiger partial charge in [-0.2, -0.15) is 0 Å². The van der Waals surface area contributed by atoms with Gasteiger partial charge in [-0.05, 0) is 29.1 Å². The summed E-state index contributed by atoms with van der Waals surface area (Å²) in [7, 11) is 4.11. The molecular formula is C12H13NS. The number of rotatable bonds is 2. The van der Waals surface area contributed by atoms with E-state index in [-0.39, 0.29) is 0 Å². The van der Waals surface area contributed by atoms with Crippen LogP contribution in [-0.2, 0) is 0 Å². The van der Waals surface area contributed by atoms with Crippen LogP contribution in [0, 0.1) is 0 Å². The highest BCUT2D eigenvalue weighted by Gasteiger charge is 1.99. The van der Waals surface area contributed by atoms with Crippen LogP contribution >= 0.6 is 11.3 Å². The summed E-state index contributed by atoms with van der Waals surface area (Å²) in [6, 6.07) is 12.9. The first-order valence-corrected chi connectivity index (χ1v) is 5.46. The third-order valence-corrected chi connectivity index (χ3v) is 3.11. The van der Waals surface area contributed by atoms with Crippen LogP contribution in [0.5, 0.6) is 0 Å². The molecule has 1 nitrogen and oxygen atoms in total. The van der Waals surface area contributed by atoms with Crippen LogP contribution < -0.4 is 4.90 Å². The maximum atomic E-state index is 2.17. The minimum atomic E-state index is 1.24. The highest BCUT2D eigenvalue weighted by molar-refractivity contribution is 7.13. The second kappa shape index (κ2) is 3.84. The van der Waals surface area contributed by atoms with Crippen molar-refractivity contribution in [1.29, 1.82) is 0 Å². The van der Waals surface area contributed by atoms with Gasteiger partial charge in [-0.3, -0.25) is 0 Å². The maximum absolute atomic E-state index is 2.17. The Morgan fingerprint density at radius 2 is 1.71 bits per heavy atom. The van der Waals surface area contributed by atoms with E-state index in [0.29, 0.717) is 0 Å². The average Bonchev–Trinajstić information content (AvgIpc) is 2.71. The van der Waals surface area contributed by atoms with Gasteiger partial charge >= 0.3 is 0 Å². The van der Waals surface area contributed by atoms with Crippen LogP contribution in [0.3, 0.4) is 0 Å². The molecule has 72 valence electrons. The molecule has 0 aliphatic rings. The van der Waals surface area contributed by atoms with Gasteiger partial charge in [0.25, 0.3) is 0 Å². The number of thiophene rings is 1. The van der Waals surface area contributed by atoms with Crippen molar-refractivity contribution in [3.63, 3.8) is 0 Å². The van der Waals surface area contributed by atoms with Crippen LogP contribution in [-0.4, -0.2) is 14.1 Å². The molecule has 1 aromatic heterocycles. The molecule has 0 atom stereocenters. The topological polar surface area (TPSA) is 3.24 Å². The van der Waals surface area contributed by atoms with E-state index in [9.17, 15) is 0 Å². The van der Waals surface area contributed by atoms with E-state index in [1.807, 2.05) is 0 Å². The van der Waals surface area contributed by atoms with Crippen molar-refractivity contribution in [3.8, 4) is 10.4 Å². The fourth-order valence-electron chi connectivity index (χ4n) is 1.37. The minimum absolute atomic E-state index is 1.24. The third kappa shape index (κ3) is 1.80. The molecule has 0 N–H and O–H groups in total.